The Kier molecular flexibility index (Phi) is 2.62. The largest absolute Gasteiger partial charge is 0.369 e. The van der Waals surface area contributed by atoms with E-state index in [1.165, 1.54) is 6.08 Å². The third-order valence-corrected chi connectivity index (χ3v) is 0.690. The molecule has 0 aliphatic rings. The van der Waals surface area contributed by atoms with Crippen LogP contribution >= 0.6 is 0 Å². The number of allylic oxidation sites excluding steroid dienone is 1. The molecule has 1 amide bonds. The van der Waals surface area contributed by atoms with Crippen molar-refractivity contribution in [3.8, 4) is 0 Å². The number of nitrogens with two attached hydrogens (primary N) is 1. The van der Waals surface area contributed by atoms with Gasteiger partial charge in [-0.15, -0.1) is 0 Å². The first kappa shape index (κ1) is 6.95. The summed E-state index contributed by atoms with van der Waals surface area (Å²) in [5.41, 5.74) is 5.49. The van der Waals surface area contributed by atoms with E-state index in [0.29, 0.717) is 5.57 Å². The van der Waals surface area contributed by atoms with Crippen LogP contribution in [0, 0.1) is 0 Å². The maximum absolute atomic E-state index is 10.1. The topological polar surface area (TPSA) is 43.1 Å². The van der Waals surface area contributed by atoms with Crippen molar-refractivity contribution in [2.45, 2.75) is 6.42 Å². The van der Waals surface area contributed by atoms with Gasteiger partial charge in [-0.25, -0.2) is 0 Å². The molecule has 0 aliphatic carbocycles. The molecule has 0 saturated carbocycles. The Bertz CT molecular complexity index is 126. The van der Waals surface area contributed by atoms with Crippen LogP contribution < -0.4 is 5.73 Å². The van der Waals surface area contributed by atoms with Gasteiger partial charge in [-0.1, -0.05) is 19.2 Å². The molecule has 0 radical (unpaired) electrons. The third-order valence-electron chi connectivity index (χ3n) is 0.690. The highest BCUT2D eigenvalue weighted by atomic mass is 16.1. The van der Waals surface area contributed by atoms with E-state index in [9.17, 15) is 4.79 Å². The average molecular weight is 111 g/mol. The smallest absolute Gasteiger partial charge is 0.221 e. The van der Waals surface area contributed by atoms with E-state index < -0.39 is 0 Å². The van der Waals surface area contributed by atoms with Crippen molar-refractivity contribution in [3.05, 3.63) is 24.8 Å². The molecule has 2 N–H and O–H groups in total. The van der Waals surface area contributed by atoms with Crippen molar-refractivity contribution >= 4 is 5.91 Å². The quantitative estimate of drug-likeness (QED) is 0.532. The van der Waals surface area contributed by atoms with Gasteiger partial charge in [0.25, 0.3) is 0 Å². The van der Waals surface area contributed by atoms with Crippen molar-refractivity contribution in [3.63, 3.8) is 0 Å². The van der Waals surface area contributed by atoms with E-state index in [-0.39, 0.29) is 12.3 Å². The monoisotopic (exact) mass is 111 g/mol. The number of hydrogen-bond acceptors (Lipinski definition) is 1. The molecule has 0 atom stereocenters. The summed E-state index contributed by atoms with van der Waals surface area (Å²) in [5.74, 6) is -0.366. The zero-order valence-electron chi connectivity index (χ0n) is 4.68. The number of carbonyl (C=O) groups is 1. The summed E-state index contributed by atoms with van der Waals surface area (Å²) in [4.78, 5) is 10.1. The van der Waals surface area contributed by atoms with Crippen LogP contribution in [-0.2, 0) is 4.79 Å². The van der Waals surface area contributed by atoms with Crippen LogP contribution in [0.3, 0.4) is 0 Å². The summed E-state index contributed by atoms with van der Waals surface area (Å²) in [5, 5.41) is 0. The molecular weight excluding hydrogens is 102 g/mol. The Morgan fingerprint density at radius 2 is 2.25 bits per heavy atom. The Morgan fingerprint density at radius 3 is 2.38 bits per heavy atom. The first-order valence-electron chi connectivity index (χ1n) is 2.25. The molecule has 0 spiro atoms. The summed E-state index contributed by atoms with van der Waals surface area (Å²) < 4.78 is 0. The number of hydrogen-bond donors (Lipinski definition) is 1. The minimum atomic E-state index is -0.366. The molecule has 2 heteroatoms. The Hall–Kier alpha value is -1.05. The van der Waals surface area contributed by atoms with Gasteiger partial charge in [0.05, 0.1) is 6.42 Å². The fourth-order valence-electron chi connectivity index (χ4n) is 0.296. The molecule has 0 aliphatic heterocycles. The van der Waals surface area contributed by atoms with Crippen molar-refractivity contribution in [2.24, 2.45) is 5.73 Å². The SMILES string of the molecule is C=CC(=C)CC(N)=O. The lowest BCUT2D eigenvalue weighted by atomic mass is 10.2. The number of rotatable bonds is 3. The van der Waals surface area contributed by atoms with Gasteiger partial charge in [-0.05, 0) is 5.57 Å². The minimum Gasteiger partial charge on any atom is -0.369 e. The second kappa shape index (κ2) is 3.02. The van der Waals surface area contributed by atoms with Gasteiger partial charge in [0.1, 0.15) is 0 Å². The number of amides is 1. The number of carbonyl (C=O) groups excluding carboxylic acids is 1. The van der Waals surface area contributed by atoms with E-state index in [1.54, 1.807) is 0 Å². The first-order chi connectivity index (χ1) is 3.66. The first-order valence-corrected chi connectivity index (χ1v) is 2.25. The van der Waals surface area contributed by atoms with Crippen LogP contribution in [0.5, 0.6) is 0 Å². The standard InChI is InChI=1S/C6H9NO/c1-3-5(2)4-6(7)8/h3H,1-2,4H2,(H2,7,8). The molecule has 0 saturated heterocycles. The lowest BCUT2D eigenvalue weighted by molar-refractivity contribution is -0.117. The highest BCUT2D eigenvalue weighted by Crippen LogP contribution is 1.94. The van der Waals surface area contributed by atoms with E-state index in [1.807, 2.05) is 0 Å². The predicted molar refractivity (Wildman–Crippen MR) is 33.1 cm³/mol. The van der Waals surface area contributed by atoms with Crippen molar-refractivity contribution in [1.82, 2.24) is 0 Å². The van der Waals surface area contributed by atoms with Crippen LogP contribution in [0.2, 0.25) is 0 Å². The molecule has 0 unspecified atom stereocenters. The van der Waals surface area contributed by atoms with Crippen molar-refractivity contribution in [1.29, 1.82) is 0 Å². The highest BCUT2D eigenvalue weighted by Gasteiger charge is 1.92. The molecule has 0 heterocycles. The van der Waals surface area contributed by atoms with Crippen LogP contribution in [0.15, 0.2) is 24.8 Å². The molecule has 8 heavy (non-hydrogen) atoms. The van der Waals surface area contributed by atoms with Gasteiger partial charge in [-0.3, -0.25) is 4.79 Å². The summed E-state index contributed by atoms with van der Waals surface area (Å²) in [6, 6.07) is 0. The molecule has 0 aromatic heterocycles. The van der Waals surface area contributed by atoms with Gasteiger partial charge >= 0.3 is 0 Å². The van der Waals surface area contributed by atoms with Crippen molar-refractivity contribution < 1.29 is 4.79 Å². The zero-order valence-corrected chi connectivity index (χ0v) is 4.68. The Labute approximate surface area is 48.7 Å². The lowest BCUT2D eigenvalue weighted by Gasteiger charge is -1.89. The Morgan fingerprint density at radius 1 is 1.75 bits per heavy atom. The highest BCUT2D eigenvalue weighted by molar-refractivity contribution is 5.76. The van der Waals surface area contributed by atoms with E-state index in [4.69, 9.17) is 5.73 Å². The van der Waals surface area contributed by atoms with Gasteiger partial charge in [0, 0.05) is 0 Å². The molecule has 0 bridgehead atoms. The molecule has 0 rings (SSSR count). The van der Waals surface area contributed by atoms with Gasteiger partial charge in [-0.2, -0.15) is 0 Å². The van der Waals surface area contributed by atoms with E-state index >= 15 is 0 Å². The molecule has 0 aromatic rings. The predicted octanol–water partition coefficient (Wildman–Crippen LogP) is 0.604. The third kappa shape index (κ3) is 3.15. The van der Waals surface area contributed by atoms with Crippen molar-refractivity contribution in [2.75, 3.05) is 0 Å². The van der Waals surface area contributed by atoms with Crippen LogP contribution in [0.1, 0.15) is 6.42 Å². The van der Waals surface area contributed by atoms with Gasteiger partial charge < -0.3 is 5.73 Å². The fraction of sp³-hybridized carbons (Fsp3) is 0.167. The van der Waals surface area contributed by atoms with Crippen LogP contribution in [0.4, 0.5) is 0 Å². The lowest BCUT2D eigenvalue weighted by Crippen LogP contribution is -2.09. The fourth-order valence-corrected chi connectivity index (χ4v) is 0.296. The van der Waals surface area contributed by atoms with E-state index in [2.05, 4.69) is 13.2 Å². The second-order valence-corrected chi connectivity index (χ2v) is 1.51. The number of primary amides is 1. The van der Waals surface area contributed by atoms with Crippen LogP contribution in [-0.4, -0.2) is 5.91 Å². The zero-order chi connectivity index (χ0) is 6.57. The summed E-state index contributed by atoms with van der Waals surface area (Å²) >= 11 is 0. The van der Waals surface area contributed by atoms with Gasteiger partial charge in [0.15, 0.2) is 0 Å². The second-order valence-electron chi connectivity index (χ2n) is 1.51. The summed E-state index contributed by atoms with van der Waals surface area (Å²) in [7, 11) is 0. The van der Waals surface area contributed by atoms with E-state index in [0.717, 1.165) is 0 Å². The maximum atomic E-state index is 10.1. The Balaban J connectivity index is 3.55. The average Bonchev–Trinajstić information content (AvgIpc) is 1.65. The maximum Gasteiger partial charge on any atom is 0.221 e. The molecule has 44 valence electrons. The molecule has 2 nitrogen and oxygen atoms in total. The molecule has 0 fully saturated rings. The summed E-state index contributed by atoms with van der Waals surface area (Å²) in [6.45, 7) is 6.90. The molecule has 0 aromatic carbocycles. The summed E-state index contributed by atoms with van der Waals surface area (Å²) in [6.07, 6.45) is 1.73. The van der Waals surface area contributed by atoms with Crippen LogP contribution in [0.25, 0.3) is 0 Å². The minimum absolute atomic E-state index is 0.212. The normalized spacial score (nSPS) is 8.00. The van der Waals surface area contributed by atoms with Gasteiger partial charge in [0.2, 0.25) is 5.91 Å². The molecular formula is C6H9NO.